The number of benzene rings is 1. The Hall–Kier alpha value is -2.79. The number of piperidine rings is 1. The van der Waals surface area contributed by atoms with Crippen molar-refractivity contribution in [2.45, 2.75) is 30.4 Å². The Bertz CT molecular complexity index is 1180. The molecule has 1 aliphatic rings. The number of carbonyl (C=O) groups excluding carboxylic acids is 1. The van der Waals surface area contributed by atoms with E-state index in [2.05, 4.69) is 14.9 Å². The van der Waals surface area contributed by atoms with Crippen LogP contribution in [0.5, 0.6) is 0 Å². The van der Waals surface area contributed by atoms with Gasteiger partial charge >= 0.3 is 11.8 Å². The monoisotopic (exact) mass is 450 g/mol. The van der Waals surface area contributed by atoms with Crippen LogP contribution in [0.4, 0.5) is 10.1 Å². The van der Waals surface area contributed by atoms with Gasteiger partial charge in [-0.2, -0.15) is 0 Å². The average molecular weight is 451 g/mol. The van der Waals surface area contributed by atoms with Crippen LogP contribution in [0.3, 0.4) is 0 Å². The standard InChI is InChI=1S/C19H19FN4O4S2/c1-12-5-6-14(10-15(12)20)23-30(26,27)16-9-13(11-29-16)17-21-22-18(28-17)19(25)24-7-3-2-4-8-24/h5-6,9-11,23H,2-4,7-8H2,1H3. The van der Waals surface area contributed by atoms with E-state index in [0.29, 0.717) is 24.2 Å². The topological polar surface area (TPSA) is 105 Å². The molecule has 0 atom stereocenters. The lowest BCUT2D eigenvalue weighted by molar-refractivity contribution is 0.0684. The van der Waals surface area contributed by atoms with Gasteiger partial charge in [-0.05, 0) is 49.9 Å². The van der Waals surface area contributed by atoms with E-state index >= 15 is 0 Å². The number of halogens is 1. The Morgan fingerprint density at radius 2 is 1.97 bits per heavy atom. The molecule has 1 N–H and O–H groups in total. The van der Waals surface area contributed by atoms with Crippen LogP contribution in [-0.4, -0.2) is 42.5 Å². The van der Waals surface area contributed by atoms with E-state index < -0.39 is 15.8 Å². The van der Waals surface area contributed by atoms with Gasteiger partial charge in [0.05, 0.1) is 11.3 Å². The van der Waals surface area contributed by atoms with E-state index in [4.69, 9.17) is 4.42 Å². The summed E-state index contributed by atoms with van der Waals surface area (Å²) in [5.41, 5.74) is 0.934. The van der Waals surface area contributed by atoms with Gasteiger partial charge in [0, 0.05) is 18.5 Å². The molecule has 158 valence electrons. The van der Waals surface area contributed by atoms with Crippen molar-refractivity contribution >= 4 is 33.0 Å². The largest absolute Gasteiger partial charge is 0.412 e. The summed E-state index contributed by atoms with van der Waals surface area (Å²) in [4.78, 5) is 14.1. The molecule has 1 aliphatic heterocycles. The highest BCUT2D eigenvalue weighted by Gasteiger charge is 2.25. The Balaban J connectivity index is 1.51. The van der Waals surface area contributed by atoms with E-state index in [1.165, 1.54) is 18.2 Å². The average Bonchev–Trinajstić information content (AvgIpc) is 3.40. The second-order valence-corrected chi connectivity index (χ2v) is 9.81. The van der Waals surface area contributed by atoms with Gasteiger partial charge in [0.15, 0.2) is 0 Å². The number of anilines is 1. The molecule has 11 heteroatoms. The summed E-state index contributed by atoms with van der Waals surface area (Å²) in [6.07, 6.45) is 2.97. The molecule has 0 bridgehead atoms. The molecule has 1 saturated heterocycles. The molecule has 3 heterocycles. The summed E-state index contributed by atoms with van der Waals surface area (Å²) in [6.45, 7) is 2.90. The van der Waals surface area contributed by atoms with Crippen LogP contribution in [-0.2, 0) is 10.0 Å². The van der Waals surface area contributed by atoms with Crippen molar-refractivity contribution in [1.82, 2.24) is 15.1 Å². The first-order valence-electron chi connectivity index (χ1n) is 9.34. The maximum absolute atomic E-state index is 13.7. The van der Waals surface area contributed by atoms with Crippen molar-refractivity contribution in [2.75, 3.05) is 17.8 Å². The zero-order valence-corrected chi connectivity index (χ0v) is 17.7. The van der Waals surface area contributed by atoms with Gasteiger partial charge in [0.1, 0.15) is 10.0 Å². The molecule has 1 aromatic carbocycles. The highest BCUT2D eigenvalue weighted by molar-refractivity contribution is 7.94. The summed E-state index contributed by atoms with van der Waals surface area (Å²) in [5.74, 6) is -0.872. The van der Waals surface area contributed by atoms with Crippen LogP contribution in [0.25, 0.3) is 11.5 Å². The number of hydrogen-bond acceptors (Lipinski definition) is 7. The first-order valence-corrected chi connectivity index (χ1v) is 11.7. The fourth-order valence-corrected chi connectivity index (χ4v) is 5.29. The van der Waals surface area contributed by atoms with E-state index in [-0.39, 0.29) is 27.6 Å². The second-order valence-electron chi connectivity index (χ2n) is 6.99. The highest BCUT2D eigenvalue weighted by Crippen LogP contribution is 2.29. The van der Waals surface area contributed by atoms with E-state index in [9.17, 15) is 17.6 Å². The fourth-order valence-electron chi connectivity index (χ4n) is 3.09. The maximum Gasteiger partial charge on any atom is 0.311 e. The number of carbonyl (C=O) groups is 1. The van der Waals surface area contributed by atoms with Crippen LogP contribution < -0.4 is 4.72 Å². The number of nitrogens with zero attached hydrogens (tertiary/aromatic N) is 3. The van der Waals surface area contributed by atoms with Crippen molar-refractivity contribution < 1.29 is 22.0 Å². The summed E-state index contributed by atoms with van der Waals surface area (Å²) in [7, 11) is -3.92. The minimum absolute atomic E-state index is 0.000546. The lowest BCUT2D eigenvalue weighted by Crippen LogP contribution is -2.35. The summed E-state index contributed by atoms with van der Waals surface area (Å²) in [5, 5.41) is 9.24. The lowest BCUT2D eigenvalue weighted by atomic mass is 10.1. The molecule has 30 heavy (non-hydrogen) atoms. The minimum atomic E-state index is -3.92. The number of aromatic nitrogens is 2. The predicted octanol–water partition coefficient (Wildman–Crippen LogP) is 3.67. The Morgan fingerprint density at radius 3 is 2.70 bits per heavy atom. The molecule has 0 saturated carbocycles. The summed E-state index contributed by atoms with van der Waals surface area (Å²) < 4.78 is 46.8. The quantitative estimate of drug-likeness (QED) is 0.636. The minimum Gasteiger partial charge on any atom is -0.412 e. The fraction of sp³-hybridized carbons (Fsp3) is 0.316. The first kappa shape index (κ1) is 20.5. The molecule has 2 aromatic heterocycles. The van der Waals surface area contributed by atoms with E-state index in [1.807, 2.05) is 0 Å². The Morgan fingerprint density at radius 1 is 1.20 bits per heavy atom. The van der Waals surface area contributed by atoms with Crippen molar-refractivity contribution in [1.29, 1.82) is 0 Å². The van der Waals surface area contributed by atoms with Crippen LogP contribution in [0.15, 0.2) is 38.3 Å². The summed E-state index contributed by atoms with van der Waals surface area (Å²) >= 11 is 0.956. The van der Waals surface area contributed by atoms with Crippen molar-refractivity contribution in [3.63, 3.8) is 0 Å². The number of rotatable bonds is 5. The SMILES string of the molecule is Cc1ccc(NS(=O)(=O)c2cc(-c3nnc(C(=O)N4CCCCC4)o3)cs2)cc1F. The van der Waals surface area contributed by atoms with Crippen LogP contribution in [0.1, 0.15) is 35.5 Å². The van der Waals surface area contributed by atoms with Gasteiger partial charge in [-0.15, -0.1) is 21.5 Å². The van der Waals surface area contributed by atoms with E-state index in [1.54, 1.807) is 17.2 Å². The van der Waals surface area contributed by atoms with Gasteiger partial charge in [0.25, 0.3) is 10.0 Å². The molecule has 4 rings (SSSR count). The molecular formula is C19H19FN4O4S2. The van der Waals surface area contributed by atoms with E-state index in [0.717, 1.165) is 36.7 Å². The molecule has 0 spiro atoms. The predicted molar refractivity (Wildman–Crippen MR) is 109 cm³/mol. The molecule has 1 amide bonds. The first-order chi connectivity index (χ1) is 14.3. The molecule has 0 aliphatic carbocycles. The van der Waals surface area contributed by atoms with Crippen LogP contribution in [0.2, 0.25) is 0 Å². The van der Waals surface area contributed by atoms with Gasteiger partial charge < -0.3 is 9.32 Å². The smallest absolute Gasteiger partial charge is 0.311 e. The Kier molecular flexibility index (Phi) is 5.56. The molecule has 3 aromatic rings. The lowest BCUT2D eigenvalue weighted by Gasteiger charge is -2.24. The van der Waals surface area contributed by atoms with Crippen LogP contribution >= 0.6 is 11.3 Å². The number of nitrogens with one attached hydrogen (secondary N) is 1. The Labute approximate surface area is 176 Å². The molecule has 8 nitrogen and oxygen atoms in total. The van der Waals surface area contributed by atoms with Gasteiger partial charge in [-0.25, -0.2) is 12.8 Å². The number of aryl methyl sites for hydroxylation is 1. The van der Waals surface area contributed by atoms with Crippen LogP contribution in [0, 0.1) is 12.7 Å². The van der Waals surface area contributed by atoms with Crippen molar-refractivity contribution in [3.05, 3.63) is 46.9 Å². The normalized spacial score (nSPS) is 14.7. The summed E-state index contributed by atoms with van der Waals surface area (Å²) in [6, 6.07) is 5.48. The third-order valence-electron chi connectivity index (χ3n) is 4.76. The zero-order valence-electron chi connectivity index (χ0n) is 16.1. The second kappa shape index (κ2) is 8.15. The zero-order chi connectivity index (χ0) is 21.3. The number of amides is 1. The third kappa shape index (κ3) is 4.21. The maximum atomic E-state index is 13.7. The van der Waals surface area contributed by atoms with Gasteiger partial charge in [0.2, 0.25) is 5.89 Å². The molecule has 1 fully saturated rings. The highest BCUT2D eigenvalue weighted by atomic mass is 32.2. The number of thiophene rings is 1. The van der Waals surface area contributed by atoms with Gasteiger partial charge in [-0.1, -0.05) is 6.07 Å². The number of hydrogen-bond donors (Lipinski definition) is 1. The molecule has 0 radical (unpaired) electrons. The number of sulfonamides is 1. The third-order valence-corrected chi connectivity index (χ3v) is 7.58. The molecular weight excluding hydrogens is 431 g/mol. The van der Waals surface area contributed by atoms with Gasteiger partial charge in [-0.3, -0.25) is 9.52 Å². The molecule has 0 unspecified atom stereocenters. The van der Waals surface area contributed by atoms with Crippen molar-refractivity contribution in [3.8, 4) is 11.5 Å². The van der Waals surface area contributed by atoms with Crippen molar-refractivity contribution in [2.24, 2.45) is 0 Å². The number of likely N-dealkylation sites (tertiary alicyclic amines) is 1.